The molecule has 0 bridgehead atoms. The first kappa shape index (κ1) is 28.4. The molecule has 0 radical (unpaired) electrons. The number of fused-ring (bicyclic) bond motifs is 1. The fraction of sp³-hybridized carbons (Fsp3) is 0.407. The molecule has 5 rings (SSSR count). The van der Waals surface area contributed by atoms with Crippen LogP contribution < -0.4 is 0 Å². The minimum atomic E-state index is -4.22. The van der Waals surface area contributed by atoms with Crippen molar-refractivity contribution in [3.63, 3.8) is 0 Å². The van der Waals surface area contributed by atoms with Gasteiger partial charge in [-0.05, 0) is 75.7 Å². The first-order valence-corrected chi connectivity index (χ1v) is 15.8. The average molecular weight is 656 g/mol. The Morgan fingerprint density at radius 2 is 1.67 bits per heavy atom. The topological polar surface area (TPSA) is 81.2 Å². The third-order valence-corrected chi connectivity index (χ3v) is 10.4. The molecule has 3 heterocycles. The van der Waals surface area contributed by atoms with E-state index in [9.17, 15) is 18.0 Å². The Morgan fingerprint density at radius 3 is 2.28 bits per heavy atom. The quantitative estimate of drug-likeness (QED) is 0.450. The number of benzene rings is 2. The average Bonchev–Trinajstić information content (AvgIpc) is 3.41. The number of halogens is 3. The second-order valence-corrected chi connectivity index (χ2v) is 13.8. The van der Waals surface area contributed by atoms with Gasteiger partial charge >= 0.3 is 0 Å². The van der Waals surface area contributed by atoms with Gasteiger partial charge in [-0.25, -0.2) is 12.7 Å². The number of amides is 2. The van der Waals surface area contributed by atoms with E-state index in [0.29, 0.717) is 18.1 Å². The molecule has 3 aliphatic rings. The standard InChI is InChI=1S/C27H29BrCl2N4O4S/c1-17(2)32-16-25-33(39(37,38)24-10-9-20(29)14-21(24)30)15-23(31-11-3-4-12-31)27(36)34(25)22(26(32)35)13-18-5-7-19(28)8-6-18/h5-10,14,16-17,22-23H,3-4,11-13,15H2,1-2H3. The summed E-state index contributed by atoms with van der Waals surface area (Å²) in [5, 5.41) is 0.302. The van der Waals surface area contributed by atoms with Gasteiger partial charge in [-0.1, -0.05) is 51.3 Å². The van der Waals surface area contributed by atoms with Gasteiger partial charge in [0.1, 0.15) is 22.8 Å². The number of carbonyl (C=O) groups is 2. The van der Waals surface area contributed by atoms with E-state index in [1.54, 1.807) is 0 Å². The smallest absolute Gasteiger partial charge is 0.267 e. The maximum atomic E-state index is 14.2. The Hall–Kier alpha value is -2.11. The number of likely N-dealkylation sites (tertiary alicyclic amines) is 1. The Morgan fingerprint density at radius 1 is 1.00 bits per heavy atom. The molecule has 2 unspecified atom stereocenters. The summed E-state index contributed by atoms with van der Waals surface area (Å²) in [6.45, 7) is 5.00. The van der Waals surface area contributed by atoms with E-state index in [1.165, 1.54) is 38.5 Å². The van der Waals surface area contributed by atoms with Crippen molar-refractivity contribution in [1.82, 2.24) is 19.0 Å². The summed E-state index contributed by atoms with van der Waals surface area (Å²) in [5.41, 5.74) is 0.854. The summed E-state index contributed by atoms with van der Waals surface area (Å²) in [5.74, 6) is -0.374. The summed E-state index contributed by atoms with van der Waals surface area (Å²) >= 11 is 15.9. The lowest BCUT2D eigenvalue weighted by atomic mass is 9.98. The summed E-state index contributed by atoms with van der Waals surface area (Å²) in [6, 6.07) is 9.88. The van der Waals surface area contributed by atoms with Crippen LogP contribution in [0.25, 0.3) is 0 Å². The Kier molecular flexibility index (Phi) is 8.05. The van der Waals surface area contributed by atoms with Crippen molar-refractivity contribution in [3.8, 4) is 0 Å². The van der Waals surface area contributed by atoms with Gasteiger partial charge in [-0.2, -0.15) is 0 Å². The van der Waals surface area contributed by atoms with Gasteiger partial charge in [0, 0.05) is 28.2 Å². The zero-order valence-corrected chi connectivity index (χ0v) is 25.5. The fourth-order valence-corrected chi connectivity index (χ4v) is 7.87. The maximum Gasteiger partial charge on any atom is 0.267 e. The predicted molar refractivity (Wildman–Crippen MR) is 153 cm³/mol. The molecule has 2 atom stereocenters. The molecule has 3 aliphatic heterocycles. The highest BCUT2D eigenvalue weighted by Crippen LogP contribution is 2.38. The van der Waals surface area contributed by atoms with Gasteiger partial charge in [0.25, 0.3) is 10.0 Å². The number of carbonyl (C=O) groups excluding carboxylic acids is 2. The monoisotopic (exact) mass is 654 g/mol. The number of nitrogens with zero attached hydrogens (tertiary/aromatic N) is 4. The van der Waals surface area contributed by atoms with Crippen molar-refractivity contribution in [2.75, 3.05) is 19.6 Å². The third-order valence-electron chi connectivity index (χ3n) is 7.41. The molecule has 0 aliphatic carbocycles. The molecule has 0 aromatic heterocycles. The normalized spacial score (nSPS) is 22.5. The SMILES string of the molecule is CC(C)N1C=C2N(C(=O)C(N3CCCC3)CN2S(=O)(=O)c2ccc(Cl)cc2Cl)C(Cc2ccc(Br)cc2)C1=O. The van der Waals surface area contributed by atoms with Gasteiger partial charge in [-0.3, -0.25) is 19.4 Å². The van der Waals surface area contributed by atoms with Crippen LogP contribution in [0.15, 0.2) is 63.9 Å². The van der Waals surface area contributed by atoms with Crippen LogP contribution in [0.4, 0.5) is 0 Å². The van der Waals surface area contributed by atoms with E-state index >= 15 is 0 Å². The molecule has 2 aromatic carbocycles. The molecule has 12 heteroatoms. The van der Waals surface area contributed by atoms with Crippen molar-refractivity contribution in [3.05, 3.63) is 74.6 Å². The molecule has 2 aromatic rings. The highest BCUT2D eigenvalue weighted by atomic mass is 79.9. The third kappa shape index (κ3) is 5.34. The van der Waals surface area contributed by atoms with Crippen LogP contribution >= 0.6 is 39.1 Å². The largest absolute Gasteiger partial charge is 0.311 e. The van der Waals surface area contributed by atoms with Gasteiger partial charge < -0.3 is 4.90 Å². The zero-order valence-electron chi connectivity index (χ0n) is 21.6. The molecule has 2 fully saturated rings. The molecule has 39 heavy (non-hydrogen) atoms. The van der Waals surface area contributed by atoms with Crippen LogP contribution in [0.5, 0.6) is 0 Å². The van der Waals surface area contributed by atoms with Crippen LogP contribution in [0, 0.1) is 0 Å². The molecule has 2 amide bonds. The fourth-order valence-electron chi connectivity index (χ4n) is 5.41. The number of hydrogen-bond donors (Lipinski definition) is 0. The van der Waals surface area contributed by atoms with E-state index in [-0.39, 0.29) is 46.6 Å². The first-order chi connectivity index (χ1) is 18.5. The molecule has 0 saturated carbocycles. The number of hydrogen-bond acceptors (Lipinski definition) is 5. The Balaban J connectivity index is 1.66. The summed E-state index contributed by atoms with van der Waals surface area (Å²) in [6.07, 6.45) is 3.57. The molecule has 208 valence electrons. The van der Waals surface area contributed by atoms with E-state index in [4.69, 9.17) is 23.2 Å². The van der Waals surface area contributed by atoms with Crippen LogP contribution in [-0.2, 0) is 26.0 Å². The minimum absolute atomic E-state index is 0.0108. The predicted octanol–water partition coefficient (Wildman–Crippen LogP) is 4.71. The summed E-state index contributed by atoms with van der Waals surface area (Å²) in [7, 11) is -4.22. The van der Waals surface area contributed by atoms with Gasteiger partial charge in [0.05, 0.1) is 11.6 Å². The zero-order chi connectivity index (χ0) is 28.1. The Labute approximate surface area is 247 Å². The molecule has 2 saturated heterocycles. The lowest BCUT2D eigenvalue weighted by Gasteiger charge is -2.50. The number of rotatable bonds is 6. The van der Waals surface area contributed by atoms with Crippen molar-refractivity contribution in [1.29, 1.82) is 0 Å². The highest BCUT2D eigenvalue weighted by Gasteiger charge is 2.51. The van der Waals surface area contributed by atoms with Crippen molar-refractivity contribution < 1.29 is 18.0 Å². The number of sulfonamides is 1. The van der Waals surface area contributed by atoms with Crippen LogP contribution in [-0.4, -0.2) is 77.0 Å². The molecular weight excluding hydrogens is 627 g/mol. The summed E-state index contributed by atoms with van der Waals surface area (Å²) in [4.78, 5) is 32.8. The lowest BCUT2D eigenvalue weighted by molar-refractivity contribution is -0.152. The maximum absolute atomic E-state index is 14.2. The molecule has 0 N–H and O–H groups in total. The van der Waals surface area contributed by atoms with Crippen LogP contribution in [0.3, 0.4) is 0 Å². The van der Waals surface area contributed by atoms with Gasteiger partial charge in [-0.15, -0.1) is 0 Å². The van der Waals surface area contributed by atoms with Gasteiger partial charge in [0.2, 0.25) is 11.8 Å². The van der Waals surface area contributed by atoms with E-state index in [2.05, 4.69) is 15.9 Å². The molecular formula is C27H29BrCl2N4O4S. The summed E-state index contributed by atoms with van der Waals surface area (Å²) < 4.78 is 30.5. The highest BCUT2D eigenvalue weighted by molar-refractivity contribution is 9.10. The second-order valence-electron chi connectivity index (χ2n) is 10.3. The molecule has 0 spiro atoms. The lowest BCUT2D eigenvalue weighted by Crippen LogP contribution is -2.67. The van der Waals surface area contributed by atoms with Crippen molar-refractivity contribution >= 4 is 61.0 Å². The van der Waals surface area contributed by atoms with Crippen LogP contribution in [0.1, 0.15) is 32.3 Å². The van der Waals surface area contributed by atoms with Gasteiger partial charge in [0.15, 0.2) is 0 Å². The first-order valence-electron chi connectivity index (χ1n) is 12.8. The van der Waals surface area contributed by atoms with Crippen molar-refractivity contribution in [2.45, 2.75) is 56.1 Å². The van der Waals surface area contributed by atoms with Crippen molar-refractivity contribution in [2.24, 2.45) is 0 Å². The Bertz CT molecular complexity index is 1430. The van der Waals surface area contributed by atoms with Crippen LogP contribution in [0.2, 0.25) is 10.0 Å². The van der Waals surface area contributed by atoms with E-state index in [0.717, 1.165) is 22.9 Å². The second kappa shape index (κ2) is 11.0. The molecule has 8 nitrogen and oxygen atoms in total. The minimum Gasteiger partial charge on any atom is -0.311 e. The van der Waals surface area contributed by atoms with E-state index < -0.39 is 22.1 Å². The van der Waals surface area contributed by atoms with E-state index in [1.807, 2.05) is 43.0 Å².